The number of nitrogens with zero attached hydrogens (tertiary/aromatic N) is 1. The van der Waals surface area contributed by atoms with Crippen molar-refractivity contribution in [3.63, 3.8) is 0 Å². The quantitative estimate of drug-likeness (QED) is 0.544. The van der Waals surface area contributed by atoms with Gasteiger partial charge in [-0.05, 0) is 50.3 Å². The predicted molar refractivity (Wildman–Crippen MR) is 105 cm³/mol. The minimum Gasteiger partial charge on any atom is -0.494 e. The van der Waals surface area contributed by atoms with Crippen LogP contribution in [-0.2, 0) is 9.59 Å². The van der Waals surface area contributed by atoms with Crippen LogP contribution >= 0.6 is 0 Å². The normalized spacial score (nSPS) is 10.4. The molecule has 0 aromatic heterocycles. The molecule has 0 bridgehead atoms. The van der Waals surface area contributed by atoms with Crippen molar-refractivity contribution in [2.75, 3.05) is 26.2 Å². The highest BCUT2D eigenvalue weighted by Gasteiger charge is 2.12. The van der Waals surface area contributed by atoms with Crippen LogP contribution in [0.3, 0.4) is 0 Å². The lowest BCUT2D eigenvalue weighted by atomic mass is 10.2. The molecule has 1 aromatic rings. The molecule has 1 aromatic carbocycles. The molecular formula is C21H34N2O3. The second-order valence-corrected chi connectivity index (χ2v) is 6.60. The molecule has 26 heavy (non-hydrogen) atoms. The molecule has 5 heteroatoms. The van der Waals surface area contributed by atoms with Crippen LogP contribution in [0.15, 0.2) is 24.3 Å². The summed E-state index contributed by atoms with van der Waals surface area (Å²) in [7, 11) is 0. The molecule has 1 rings (SSSR count). The fourth-order valence-electron chi connectivity index (χ4n) is 2.74. The van der Waals surface area contributed by atoms with Gasteiger partial charge in [-0.25, -0.2) is 0 Å². The Bertz CT molecular complexity index is 540. The number of rotatable bonds is 13. The van der Waals surface area contributed by atoms with Gasteiger partial charge in [-0.1, -0.05) is 26.0 Å². The summed E-state index contributed by atoms with van der Waals surface area (Å²) in [6.07, 6.45) is 4.15. The monoisotopic (exact) mass is 362 g/mol. The lowest BCUT2D eigenvalue weighted by molar-refractivity contribution is -0.131. The Morgan fingerprint density at radius 1 is 1.08 bits per heavy atom. The van der Waals surface area contributed by atoms with Gasteiger partial charge in [-0.15, -0.1) is 0 Å². The van der Waals surface area contributed by atoms with Gasteiger partial charge in [-0.3, -0.25) is 9.59 Å². The van der Waals surface area contributed by atoms with E-state index < -0.39 is 0 Å². The minimum atomic E-state index is 0.00545. The van der Waals surface area contributed by atoms with Crippen LogP contribution in [0.4, 0.5) is 0 Å². The molecule has 1 N–H and O–H groups in total. The smallest absolute Gasteiger partial charge is 0.222 e. The molecule has 0 aliphatic heterocycles. The highest BCUT2D eigenvalue weighted by atomic mass is 16.5. The topological polar surface area (TPSA) is 58.6 Å². The van der Waals surface area contributed by atoms with Crippen LogP contribution < -0.4 is 10.1 Å². The summed E-state index contributed by atoms with van der Waals surface area (Å²) in [6.45, 7) is 8.96. The first kappa shape index (κ1) is 22.0. The van der Waals surface area contributed by atoms with Gasteiger partial charge < -0.3 is 15.0 Å². The number of ether oxygens (including phenoxy) is 1. The van der Waals surface area contributed by atoms with Gasteiger partial charge in [0.25, 0.3) is 0 Å². The number of hydrogen-bond donors (Lipinski definition) is 1. The third-order valence-corrected chi connectivity index (χ3v) is 4.04. The van der Waals surface area contributed by atoms with Crippen molar-refractivity contribution in [1.29, 1.82) is 0 Å². The highest BCUT2D eigenvalue weighted by molar-refractivity contribution is 5.78. The van der Waals surface area contributed by atoms with Gasteiger partial charge in [0.05, 0.1) is 6.61 Å². The van der Waals surface area contributed by atoms with Gasteiger partial charge in [0.2, 0.25) is 11.8 Å². The number of amides is 2. The molecule has 0 unspecified atom stereocenters. The second kappa shape index (κ2) is 13.2. The van der Waals surface area contributed by atoms with Crippen molar-refractivity contribution in [3.05, 3.63) is 29.8 Å². The van der Waals surface area contributed by atoms with Gasteiger partial charge in [0.15, 0.2) is 0 Å². The number of benzene rings is 1. The number of carbonyl (C=O) groups is 2. The number of aryl methyl sites for hydroxylation is 1. The molecule has 0 fully saturated rings. The van der Waals surface area contributed by atoms with E-state index in [2.05, 4.69) is 19.2 Å². The maximum atomic E-state index is 12.1. The van der Waals surface area contributed by atoms with Crippen molar-refractivity contribution < 1.29 is 14.3 Å². The molecule has 0 heterocycles. The summed E-state index contributed by atoms with van der Waals surface area (Å²) in [5, 5.41) is 2.89. The summed E-state index contributed by atoms with van der Waals surface area (Å²) in [6, 6.07) is 7.93. The van der Waals surface area contributed by atoms with Crippen molar-refractivity contribution in [3.8, 4) is 5.75 Å². The summed E-state index contributed by atoms with van der Waals surface area (Å²) in [4.78, 5) is 25.9. The zero-order valence-corrected chi connectivity index (χ0v) is 16.6. The maximum Gasteiger partial charge on any atom is 0.222 e. The van der Waals surface area contributed by atoms with E-state index in [0.717, 1.165) is 38.1 Å². The first-order chi connectivity index (χ1) is 12.6. The SMILES string of the molecule is CCCN(CCC)C(=O)CCCC(=O)NCCCOc1cccc(C)c1. The Labute approximate surface area is 158 Å². The molecule has 146 valence electrons. The minimum absolute atomic E-state index is 0.00545. The molecule has 5 nitrogen and oxygen atoms in total. The molecule has 0 aliphatic rings. The Morgan fingerprint density at radius 2 is 1.81 bits per heavy atom. The first-order valence-corrected chi connectivity index (χ1v) is 9.80. The van der Waals surface area contributed by atoms with Gasteiger partial charge in [-0.2, -0.15) is 0 Å². The molecule has 0 saturated heterocycles. The summed E-state index contributed by atoms with van der Waals surface area (Å²) < 4.78 is 5.65. The Kier molecular flexibility index (Phi) is 11.2. The van der Waals surface area contributed by atoms with E-state index in [-0.39, 0.29) is 11.8 Å². The third-order valence-electron chi connectivity index (χ3n) is 4.04. The van der Waals surface area contributed by atoms with E-state index >= 15 is 0 Å². The zero-order chi connectivity index (χ0) is 19.2. The fourth-order valence-corrected chi connectivity index (χ4v) is 2.74. The van der Waals surface area contributed by atoms with Gasteiger partial charge in [0.1, 0.15) is 5.75 Å². The first-order valence-electron chi connectivity index (χ1n) is 9.80. The van der Waals surface area contributed by atoms with E-state index in [0.29, 0.717) is 32.4 Å². The predicted octanol–water partition coefficient (Wildman–Crippen LogP) is 3.70. The molecule has 0 radical (unpaired) electrons. The van der Waals surface area contributed by atoms with Crippen molar-refractivity contribution >= 4 is 11.8 Å². The average molecular weight is 363 g/mol. The van der Waals surface area contributed by atoms with Crippen LogP contribution in [0, 0.1) is 6.92 Å². The lowest BCUT2D eigenvalue weighted by Crippen LogP contribution is -2.32. The zero-order valence-electron chi connectivity index (χ0n) is 16.6. The van der Waals surface area contributed by atoms with E-state index in [9.17, 15) is 9.59 Å². The third kappa shape index (κ3) is 9.44. The van der Waals surface area contributed by atoms with Crippen molar-refractivity contribution in [2.45, 2.75) is 59.3 Å². The molecule has 0 atom stereocenters. The van der Waals surface area contributed by atoms with E-state index in [4.69, 9.17) is 4.74 Å². The lowest BCUT2D eigenvalue weighted by Gasteiger charge is -2.21. The standard InChI is InChI=1S/C21H34N2O3/c1-4-14-23(15-5-2)21(25)12-7-11-20(24)22-13-8-16-26-19-10-6-9-18(3)17-19/h6,9-10,17H,4-5,7-8,11-16H2,1-3H3,(H,22,24). The van der Waals surface area contributed by atoms with Crippen LogP contribution in [0.1, 0.15) is 57.9 Å². The van der Waals surface area contributed by atoms with Crippen LogP contribution in [-0.4, -0.2) is 43.0 Å². The Balaban J connectivity index is 2.10. The van der Waals surface area contributed by atoms with Crippen molar-refractivity contribution in [2.24, 2.45) is 0 Å². The largest absolute Gasteiger partial charge is 0.494 e. The van der Waals surface area contributed by atoms with Crippen LogP contribution in [0.25, 0.3) is 0 Å². The van der Waals surface area contributed by atoms with Gasteiger partial charge >= 0.3 is 0 Å². The molecule has 0 spiro atoms. The molecular weight excluding hydrogens is 328 g/mol. The second-order valence-electron chi connectivity index (χ2n) is 6.60. The molecule has 0 aliphatic carbocycles. The van der Waals surface area contributed by atoms with Gasteiger partial charge in [0, 0.05) is 32.5 Å². The number of carbonyl (C=O) groups excluding carboxylic acids is 2. The van der Waals surface area contributed by atoms with E-state index in [1.165, 1.54) is 5.56 Å². The highest BCUT2D eigenvalue weighted by Crippen LogP contribution is 2.12. The summed E-state index contributed by atoms with van der Waals surface area (Å²) in [5.41, 5.74) is 1.17. The summed E-state index contributed by atoms with van der Waals surface area (Å²) in [5.74, 6) is 1.03. The Morgan fingerprint density at radius 3 is 2.46 bits per heavy atom. The Hall–Kier alpha value is -2.04. The average Bonchev–Trinajstić information content (AvgIpc) is 2.61. The van der Waals surface area contributed by atoms with Crippen molar-refractivity contribution in [1.82, 2.24) is 10.2 Å². The van der Waals surface area contributed by atoms with E-state index in [1.54, 1.807) is 0 Å². The molecule has 2 amide bonds. The molecule has 0 saturated carbocycles. The summed E-state index contributed by atoms with van der Waals surface area (Å²) >= 11 is 0. The number of nitrogens with one attached hydrogen (secondary N) is 1. The fraction of sp³-hybridized carbons (Fsp3) is 0.619. The maximum absolute atomic E-state index is 12.1. The number of hydrogen-bond acceptors (Lipinski definition) is 3. The van der Waals surface area contributed by atoms with Crippen LogP contribution in [0.5, 0.6) is 5.75 Å². The van der Waals surface area contributed by atoms with E-state index in [1.807, 2.05) is 36.1 Å². The van der Waals surface area contributed by atoms with Crippen LogP contribution in [0.2, 0.25) is 0 Å².